The minimum atomic E-state index is -3.43. The summed E-state index contributed by atoms with van der Waals surface area (Å²) < 4.78 is 28.4. The summed E-state index contributed by atoms with van der Waals surface area (Å²) in [4.78, 5) is 25.4. The standard InChI is InChI=1S/C20H20ClN3O5S/c1-20(18(25)29-2)12-24(23-17(20)13-7-9-14(21)10-8-13)19(26)22-15-5-4-6-16(11-15)30(3,27)28/h4-11H,12H2,1-3H3,(H,22,26). The van der Waals surface area contributed by atoms with Gasteiger partial charge in [0.05, 0.1) is 24.3 Å². The molecule has 2 aromatic rings. The van der Waals surface area contributed by atoms with Gasteiger partial charge in [-0.3, -0.25) is 4.79 Å². The third-order valence-electron chi connectivity index (χ3n) is 4.71. The summed E-state index contributed by atoms with van der Waals surface area (Å²) in [5.41, 5.74) is 0.0969. The number of hydrazone groups is 1. The Bertz CT molecular complexity index is 1130. The van der Waals surface area contributed by atoms with Gasteiger partial charge in [-0.1, -0.05) is 29.8 Å². The first-order chi connectivity index (χ1) is 14.0. The van der Waals surface area contributed by atoms with Gasteiger partial charge in [-0.25, -0.2) is 18.2 Å². The number of rotatable bonds is 4. The van der Waals surface area contributed by atoms with Gasteiger partial charge in [-0.15, -0.1) is 0 Å². The Kier molecular flexibility index (Phi) is 5.87. The summed E-state index contributed by atoms with van der Waals surface area (Å²) in [6.45, 7) is 1.60. The molecule has 1 aliphatic rings. The maximum Gasteiger partial charge on any atom is 0.342 e. The number of methoxy groups -OCH3 is 1. The number of anilines is 1. The number of urea groups is 1. The van der Waals surface area contributed by atoms with Crippen molar-refractivity contribution in [3.63, 3.8) is 0 Å². The Morgan fingerprint density at radius 1 is 1.20 bits per heavy atom. The first-order valence-corrected chi connectivity index (χ1v) is 11.1. The van der Waals surface area contributed by atoms with Gasteiger partial charge in [0, 0.05) is 17.0 Å². The van der Waals surface area contributed by atoms with E-state index in [1.54, 1.807) is 37.3 Å². The van der Waals surface area contributed by atoms with Crippen LogP contribution in [0.4, 0.5) is 10.5 Å². The zero-order valence-electron chi connectivity index (χ0n) is 16.5. The summed E-state index contributed by atoms with van der Waals surface area (Å²) >= 11 is 5.94. The molecule has 158 valence electrons. The molecule has 1 unspecified atom stereocenters. The molecule has 1 heterocycles. The molecule has 0 radical (unpaired) electrons. The highest BCUT2D eigenvalue weighted by Gasteiger charge is 2.48. The minimum Gasteiger partial charge on any atom is -0.468 e. The van der Waals surface area contributed by atoms with E-state index < -0.39 is 27.3 Å². The zero-order valence-corrected chi connectivity index (χ0v) is 18.1. The van der Waals surface area contributed by atoms with Gasteiger partial charge in [-0.2, -0.15) is 5.10 Å². The third kappa shape index (κ3) is 4.31. The van der Waals surface area contributed by atoms with Crippen LogP contribution < -0.4 is 5.32 Å². The molecule has 1 aliphatic heterocycles. The number of hydrogen-bond acceptors (Lipinski definition) is 6. The van der Waals surface area contributed by atoms with Gasteiger partial charge in [0.15, 0.2) is 9.84 Å². The lowest BCUT2D eigenvalue weighted by atomic mass is 9.82. The van der Waals surface area contributed by atoms with Crippen molar-refractivity contribution < 1.29 is 22.7 Å². The highest BCUT2D eigenvalue weighted by atomic mass is 35.5. The number of amides is 2. The van der Waals surface area contributed by atoms with Gasteiger partial charge in [0.25, 0.3) is 0 Å². The van der Waals surface area contributed by atoms with E-state index in [-0.39, 0.29) is 17.1 Å². The normalized spacial score (nSPS) is 18.7. The fourth-order valence-electron chi connectivity index (χ4n) is 3.12. The summed E-state index contributed by atoms with van der Waals surface area (Å²) in [5, 5.41) is 8.61. The number of benzene rings is 2. The van der Waals surface area contributed by atoms with Gasteiger partial charge in [0.2, 0.25) is 0 Å². The number of carbonyl (C=O) groups is 2. The van der Waals surface area contributed by atoms with Crippen molar-refractivity contribution in [1.29, 1.82) is 0 Å². The van der Waals surface area contributed by atoms with Crippen molar-refractivity contribution >= 4 is 44.8 Å². The van der Waals surface area contributed by atoms with Crippen molar-refractivity contribution in [2.24, 2.45) is 10.5 Å². The van der Waals surface area contributed by atoms with Crippen LogP contribution in [0, 0.1) is 5.41 Å². The lowest BCUT2D eigenvalue weighted by Crippen LogP contribution is -2.42. The molecule has 0 bridgehead atoms. The van der Waals surface area contributed by atoms with E-state index in [2.05, 4.69) is 10.4 Å². The van der Waals surface area contributed by atoms with E-state index in [0.717, 1.165) is 11.3 Å². The van der Waals surface area contributed by atoms with Crippen molar-refractivity contribution in [3.8, 4) is 0 Å². The first kappa shape index (κ1) is 21.8. The fourth-order valence-corrected chi connectivity index (χ4v) is 3.91. The van der Waals surface area contributed by atoms with E-state index in [9.17, 15) is 18.0 Å². The lowest BCUT2D eigenvalue weighted by Gasteiger charge is -2.23. The molecule has 1 atom stereocenters. The van der Waals surface area contributed by atoms with Crippen molar-refractivity contribution in [2.45, 2.75) is 11.8 Å². The number of nitrogens with one attached hydrogen (secondary N) is 1. The topological polar surface area (TPSA) is 105 Å². The largest absolute Gasteiger partial charge is 0.468 e. The maximum atomic E-state index is 12.8. The molecule has 0 aromatic heterocycles. The van der Waals surface area contributed by atoms with Crippen LogP contribution in [-0.2, 0) is 19.4 Å². The number of ether oxygens (including phenoxy) is 1. The monoisotopic (exact) mass is 449 g/mol. The number of hydrogen-bond donors (Lipinski definition) is 1. The van der Waals surface area contributed by atoms with Crippen LogP contribution >= 0.6 is 11.6 Å². The predicted octanol–water partition coefficient (Wildman–Crippen LogP) is 3.17. The number of nitrogens with zero attached hydrogens (tertiary/aromatic N) is 2. The van der Waals surface area contributed by atoms with E-state index in [1.807, 2.05) is 0 Å². The van der Waals surface area contributed by atoms with E-state index >= 15 is 0 Å². The van der Waals surface area contributed by atoms with Gasteiger partial charge < -0.3 is 10.1 Å². The smallest absolute Gasteiger partial charge is 0.342 e. The van der Waals surface area contributed by atoms with E-state index in [1.165, 1.54) is 25.3 Å². The SMILES string of the molecule is COC(=O)C1(C)CN(C(=O)Nc2cccc(S(C)(=O)=O)c2)N=C1c1ccc(Cl)cc1. The summed E-state index contributed by atoms with van der Waals surface area (Å²) in [5.74, 6) is -0.537. The molecule has 0 spiro atoms. The molecule has 0 fully saturated rings. The quantitative estimate of drug-likeness (QED) is 0.721. The number of esters is 1. The van der Waals surface area contributed by atoms with Gasteiger partial charge in [-0.05, 0) is 42.8 Å². The number of sulfone groups is 1. The second-order valence-electron chi connectivity index (χ2n) is 7.07. The average Bonchev–Trinajstić information content (AvgIpc) is 3.06. The van der Waals surface area contributed by atoms with Crippen LogP contribution in [0.2, 0.25) is 5.02 Å². The summed E-state index contributed by atoms with van der Waals surface area (Å²) in [6, 6.07) is 12.0. The molecule has 3 rings (SSSR count). The predicted molar refractivity (Wildman–Crippen MR) is 113 cm³/mol. The van der Waals surface area contributed by atoms with Crippen molar-refractivity contribution in [2.75, 3.05) is 25.2 Å². The number of carbonyl (C=O) groups excluding carboxylic acids is 2. The molecule has 0 saturated carbocycles. The van der Waals surface area contributed by atoms with Crippen LogP contribution in [0.3, 0.4) is 0 Å². The van der Waals surface area contributed by atoms with Crippen molar-refractivity contribution in [1.82, 2.24) is 5.01 Å². The first-order valence-electron chi connectivity index (χ1n) is 8.87. The Balaban J connectivity index is 1.91. The second kappa shape index (κ2) is 8.08. The highest BCUT2D eigenvalue weighted by Crippen LogP contribution is 2.33. The Morgan fingerprint density at radius 2 is 1.87 bits per heavy atom. The van der Waals surface area contributed by atoms with Crippen LogP contribution in [0.25, 0.3) is 0 Å². The molecule has 30 heavy (non-hydrogen) atoms. The molecule has 0 saturated heterocycles. The third-order valence-corrected chi connectivity index (χ3v) is 6.07. The van der Waals surface area contributed by atoms with Crippen LogP contribution in [-0.4, -0.2) is 51.0 Å². The van der Waals surface area contributed by atoms with Crippen LogP contribution in [0.5, 0.6) is 0 Å². The molecule has 8 nitrogen and oxygen atoms in total. The molecule has 2 amide bonds. The highest BCUT2D eigenvalue weighted by molar-refractivity contribution is 7.90. The van der Waals surface area contributed by atoms with Crippen LogP contribution in [0.1, 0.15) is 12.5 Å². The molecular weight excluding hydrogens is 430 g/mol. The summed E-state index contributed by atoms with van der Waals surface area (Å²) in [6.07, 6.45) is 1.08. The molecular formula is C20H20ClN3O5S. The fraction of sp³-hybridized carbons (Fsp3) is 0.250. The Morgan fingerprint density at radius 3 is 2.47 bits per heavy atom. The van der Waals surface area contributed by atoms with Gasteiger partial charge >= 0.3 is 12.0 Å². The van der Waals surface area contributed by atoms with E-state index in [0.29, 0.717) is 16.3 Å². The van der Waals surface area contributed by atoms with Gasteiger partial charge in [0.1, 0.15) is 5.41 Å². The van der Waals surface area contributed by atoms with Crippen LogP contribution in [0.15, 0.2) is 58.5 Å². The number of halogens is 1. The molecule has 2 aromatic carbocycles. The molecule has 0 aliphatic carbocycles. The second-order valence-corrected chi connectivity index (χ2v) is 9.52. The molecule has 10 heteroatoms. The Hall–Kier alpha value is -2.91. The molecule has 1 N–H and O–H groups in total. The average molecular weight is 450 g/mol. The Labute approximate surface area is 179 Å². The van der Waals surface area contributed by atoms with E-state index in [4.69, 9.17) is 16.3 Å². The van der Waals surface area contributed by atoms with Crippen molar-refractivity contribution in [3.05, 3.63) is 59.1 Å². The lowest BCUT2D eigenvalue weighted by molar-refractivity contribution is -0.147. The minimum absolute atomic E-state index is 0.0464. The summed E-state index contributed by atoms with van der Waals surface area (Å²) in [7, 11) is -2.16. The maximum absolute atomic E-state index is 12.8. The zero-order chi connectivity index (χ0) is 22.1.